The predicted octanol–water partition coefficient (Wildman–Crippen LogP) is 4.06. The number of ether oxygens (including phenoxy) is 1. The Morgan fingerprint density at radius 2 is 2.08 bits per heavy atom. The molecule has 26 heavy (non-hydrogen) atoms. The van der Waals surface area contributed by atoms with E-state index < -0.39 is 11.8 Å². The normalized spacial score (nSPS) is 19.8. The molecule has 2 aromatic rings. The van der Waals surface area contributed by atoms with E-state index in [0.29, 0.717) is 25.7 Å². The summed E-state index contributed by atoms with van der Waals surface area (Å²) in [6.45, 7) is 1.58. The largest absolute Gasteiger partial charge is 0.489 e. The molecule has 1 N–H and O–H groups in total. The maximum absolute atomic E-state index is 13.2. The molecule has 1 fully saturated rings. The molecule has 1 aliphatic heterocycles. The zero-order chi connectivity index (χ0) is 18.3. The standard InChI is InChI=1S/C20H19ClFNO3/c21-17-7-12(1-5-18(17)22)11-26-15-3-4-16-13(8-15)2-6-19(16)23-9-14(10-23)20(24)25/h1,3-5,7-8,14,19H,2,6,9-11H2,(H,24,25). The summed E-state index contributed by atoms with van der Waals surface area (Å²) in [5.74, 6) is -0.597. The van der Waals surface area contributed by atoms with Gasteiger partial charge in [-0.05, 0) is 53.8 Å². The summed E-state index contributed by atoms with van der Waals surface area (Å²) in [6, 6.07) is 11.0. The van der Waals surface area contributed by atoms with Gasteiger partial charge in [0, 0.05) is 19.1 Å². The fourth-order valence-corrected chi connectivity index (χ4v) is 3.96. The summed E-state index contributed by atoms with van der Waals surface area (Å²) in [7, 11) is 0. The highest BCUT2D eigenvalue weighted by molar-refractivity contribution is 6.30. The highest BCUT2D eigenvalue weighted by atomic mass is 35.5. The first-order valence-electron chi connectivity index (χ1n) is 8.67. The van der Waals surface area contributed by atoms with Gasteiger partial charge >= 0.3 is 5.97 Å². The van der Waals surface area contributed by atoms with Gasteiger partial charge in [-0.3, -0.25) is 9.69 Å². The number of carbonyl (C=O) groups is 1. The number of benzene rings is 2. The van der Waals surface area contributed by atoms with Crippen LogP contribution in [0.5, 0.6) is 5.75 Å². The number of carboxylic acid groups (broad SMARTS) is 1. The molecule has 0 spiro atoms. The summed E-state index contributed by atoms with van der Waals surface area (Å²) in [5, 5.41) is 9.13. The number of likely N-dealkylation sites (tertiary alicyclic amines) is 1. The fraction of sp³-hybridized carbons (Fsp3) is 0.350. The number of hydrogen-bond donors (Lipinski definition) is 1. The molecular weight excluding hydrogens is 357 g/mol. The van der Waals surface area contributed by atoms with E-state index in [9.17, 15) is 9.18 Å². The third-order valence-electron chi connectivity index (χ3n) is 5.25. The van der Waals surface area contributed by atoms with E-state index in [4.69, 9.17) is 21.4 Å². The van der Waals surface area contributed by atoms with E-state index >= 15 is 0 Å². The van der Waals surface area contributed by atoms with Crippen LogP contribution in [0.4, 0.5) is 4.39 Å². The molecular formula is C20H19ClFNO3. The van der Waals surface area contributed by atoms with Crippen LogP contribution in [-0.4, -0.2) is 29.1 Å². The van der Waals surface area contributed by atoms with Crippen molar-refractivity contribution in [1.29, 1.82) is 0 Å². The summed E-state index contributed by atoms with van der Waals surface area (Å²) in [5.41, 5.74) is 3.34. The van der Waals surface area contributed by atoms with Crippen LogP contribution in [0.2, 0.25) is 5.02 Å². The summed E-state index contributed by atoms with van der Waals surface area (Å²) in [6.07, 6.45) is 1.98. The third kappa shape index (κ3) is 3.29. The van der Waals surface area contributed by atoms with E-state index in [2.05, 4.69) is 17.0 Å². The molecule has 0 radical (unpaired) electrons. The maximum atomic E-state index is 13.2. The molecule has 1 saturated heterocycles. The van der Waals surface area contributed by atoms with E-state index in [1.54, 1.807) is 12.1 Å². The van der Waals surface area contributed by atoms with Gasteiger partial charge in [0.1, 0.15) is 18.2 Å². The van der Waals surface area contributed by atoms with Crippen molar-refractivity contribution in [2.24, 2.45) is 5.92 Å². The minimum absolute atomic E-state index is 0.0945. The third-order valence-corrected chi connectivity index (χ3v) is 5.54. The first-order chi connectivity index (χ1) is 12.5. The SMILES string of the molecule is O=C(O)C1CN(C2CCc3cc(OCc4ccc(F)c(Cl)c4)ccc32)C1. The Labute approximate surface area is 156 Å². The lowest BCUT2D eigenvalue weighted by molar-refractivity contribution is -0.148. The number of fused-ring (bicyclic) bond motifs is 1. The van der Waals surface area contributed by atoms with Crippen molar-refractivity contribution in [3.05, 3.63) is 63.9 Å². The maximum Gasteiger partial charge on any atom is 0.309 e. The number of carboxylic acids is 1. The topological polar surface area (TPSA) is 49.8 Å². The monoisotopic (exact) mass is 375 g/mol. The molecule has 4 nitrogen and oxygen atoms in total. The van der Waals surface area contributed by atoms with Gasteiger partial charge in [-0.2, -0.15) is 0 Å². The zero-order valence-electron chi connectivity index (χ0n) is 14.1. The summed E-state index contributed by atoms with van der Waals surface area (Å²) >= 11 is 5.80. The highest BCUT2D eigenvalue weighted by Gasteiger charge is 2.39. The van der Waals surface area contributed by atoms with Gasteiger partial charge in [-0.15, -0.1) is 0 Å². The van der Waals surface area contributed by atoms with Crippen LogP contribution in [-0.2, 0) is 17.8 Å². The number of aliphatic carboxylic acids is 1. The Bertz CT molecular complexity index is 851. The molecule has 136 valence electrons. The fourth-order valence-electron chi connectivity index (χ4n) is 3.76. The molecule has 0 saturated carbocycles. The van der Waals surface area contributed by atoms with Crippen LogP contribution < -0.4 is 4.74 Å². The van der Waals surface area contributed by atoms with Crippen molar-refractivity contribution < 1.29 is 19.0 Å². The number of rotatable bonds is 5. The Morgan fingerprint density at radius 1 is 1.27 bits per heavy atom. The predicted molar refractivity (Wildman–Crippen MR) is 95.9 cm³/mol. The molecule has 2 aliphatic rings. The highest BCUT2D eigenvalue weighted by Crippen LogP contribution is 2.40. The second-order valence-corrected chi connectivity index (χ2v) is 7.35. The molecule has 0 aromatic heterocycles. The van der Waals surface area contributed by atoms with Crippen molar-refractivity contribution in [3.63, 3.8) is 0 Å². The van der Waals surface area contributed by atoms with Crippen molar-refractivity contribution in [2.75, 3.05) is 13.1 Å². The molecule has 4 rings (SSSR count). The van der Waals surface area contributed by atoms with Gasteiger partial charge in [0.05, 0.1) is 10.9 Å². The van der Waals surface area contributed by atoms with Gasteiger partial charge < -0.3 is 9.84 Å². The number of hydrogen-bond acceptors (Lipinski definition) is 3. The molecule has 1 unspecified atom stereocenters. The zero-order valence-corrected chi connectivity index (χ0v) is 14.9. The lowest BCUT2D eigenvalue weighted by Gasteiger charge is -2.41. The van der Waals surface area contributed by atoms with E-state index in [0.717, 1.165) is 24.2 Å². The second-order valence-electron chi connectivity index (χ2n) is 6.94. The molecule has 0 bridgehead atoms. The molecule has 1 aliphatic carbocycles. The molecule has 6 heteroatoms. The Hall–Kier alpha value is -2.11. The van der Waals surface area contributed by atoms with Crippen LogP contribution in [0, 0.1) is 11.7 Å². The van der Waals surface area contributed by atoms with E-state index in [1.807, 2.05) is 6.07 Å². The smallest absolute Gasteiger partial charge is 0.309 e. The number of nitrogens with zero attached hydrogens (tertiary/aromatic N) is 1. The summed E-state index contributed by atoms with van der Waals surface area (Å²) in [4.78, 5) is 13.2. The van der Waals surface area contributed by atoms with E-state index in [1.165, 1.54) is 17.2 Å². The minimum atomic E-state index is -0.705. The van der Waals surface area contributed by atoms with Gasteiger partial charge in [-0.25, -0.2) is 4.39 Å². The van der Waals surface area contributed by atoms with Crippen LogP contribution in [0.1, 0.15) is 29.2 Å². The molecule has 0 amide bonds. The van der Waals surface area contributed by atoms with Gasteiger partial charge in [-0.1, -0.05) is 23.7 Å². The lowest BCUT2D eigenvalue weighted by Crippen LogP contribution is -2.51. The van der Waals surface area contributed by atoms with Crippen molar-refractivity contribution in [3.8, 4) is 5.75 Å². The van der Waals surface area contributed by atoms with Crippen LogP contribution >= 0.6 is 11.6 Å². The van der Waals surface area contributed by atoms with Crippen LogP contribution in [0.3, 0.4) is 0 Å². The minimum Gasteiger partial charge on any atom is -0.489 e. The average molecular weight is 376 g/mol. The van der Waals surface area contributed by atoms with Gasteiger partial charge in [0.2, 0.25) is 0 Å². The Kier molecular flexibility index (Phi) is 4.59. The van der Waals surface area contributed by atoms with Crippen LogP contribution in [0.15, 0.2) is 36.4 Å². The van der Waals surface area contributed by atoms with Gasteiger partial charge in [0.25, 0.3) is 0 Å². The van der Waals surface area contributed by atoms with Crippen molar-refractivity contribution >= 4 is 17.6 Å². The van der Waals surface area contributed by atoms with Gasteiger partial charge in [0.15, 0.2) is 0 Å². The van der Waals surface area contributed by atoms with Crippen molar-refractivity contribution in [2.45, 2.75) is 25.5 Å². The Morgan fingerprint density at radius 3 is 2.81 bits per heavy atom. The first-order valence-corrected chi connectivity index (χ1v) is 9.05. The van der Waals surface area contributed by atoms with E-state index in [-0.39, 0.29) is 10.9 Å². The quantitative estimate of drug-likeness (QED) is 0.856. The second kappa shape index (κ2) is 6.89. The molecule has 1 atom stereocenters. The number of aryl methyl sites for hydroxylation is 1. The molecule has 2 aromatic carbocycles. The van der Waals surface area contributed by atoms with Crippen LogP contribution in [0.25, 0.3) is 0 Å². The average Bonchev–Trinajstić information content (AvgIpc) is 2.97. The lowest BCUT2D eigenvalue weighted by atomic mass is 9.95. The summed E-state index contributed by atoms with van der Waals surface area (Å²) < 4.78 is 19.0. The molecule has 1 heterocycles. The Balaban J connectivity index is 1.40. The first kappa shape index (κ1) is 17.3. The number of halogens is 2. The van der Waals surface area contributed by atoms with Crippen molar-refractivity contribution in [1.82, 2.24) is 4.90 Å².